The number of hydrogen-bond acceptors (Lipinski definition) is 6. The van der Waals surface area contributed by atoms with Crippen LogP contribution in [0.25, 0.3) is 22.6 Å². The highest BCUT2D eigenvalue weighted by atomic mass is 16.5. The molecule has 1 saturated heterocycles. The van der Waals surface area contributed by atoms with Crippen molar-refractivity contribution in [2.24, 2.45) is 0 Å². The summed E-state index contributed by atoms with van der Waals surface area (Å²) in [6.07, 6.45) is 2.87. The van der Waals surface area contributed by atoms with Crippen LogP contribution in [0.2, 0.25) is 0 Å². The van der Waals surface area contributed by atoms with Crippen molar-refractivity contribution >= 4 is 28.7 Å². The van der Waals surface area contributed by atoms with E-state index in [4.69, 9.17) is 8.94 Å². The van der Waals surface area contributed by atoms with E-state index in [1.165, 1.54) is 0 Å². The van der Waals surface area contributed by atoms with Gasteiger partial charge in [0.1, 0.15) is 5.69 Å². The zero-order valence-corrected chi connectivity index (χ0v) is 18.1. The van der Waals surface area contributed by atoms with Gasteiger partial charge in [-0.15, -0.1) is 0 Å². The maximum atomic E-state index is 13.2. The Kier molecular flexibility index (Phi) is 5.52. The number of amides is 3. The Morgan fingerprint density at radius 1 is 1.09 bits per heavy atom. The molecule has 0 bridgehead atoms. The number of nitrogens with zero attached hydrogens (tertiary/aromatic N) is 3. The molecule has 9 nitrogen and oxygen atoms in total. The lowest BCUT2D eigenvalue weighted by atomic mass is 10.0. The van der Waals surface area contributed by atoms with Gasteiger partial charge in [-0.1, -0.05) is 23.4 Å². The van der Waals surface area contributed by atoms with Crippen molar-refractivity contribution in [3.05, 3.63) is 66.1 Å². The summed E-state index contributed by atoms with van der Waals surface area (Å²) in [5, 5.41) is 10.6. The Morgan fingerprint density at radius 2 is 1.88 bits per heavy atom. The van der Waals surface area contributed by atoms with E-state index in [1.54, 1.807) is 36.3 Å². The summed E-state index contributed by atoms with van der Waals surface area (Å²) in [7, 11) is 0. The first-order chi connectivity index (χ1) is 16.1. The number of carbonyl (C=O) groups excluding carboxylic acids is 2. The first-order valence-electron chi connectivity index (χ1n) is 10.8. The van der Waals surface area contributed by atoms with E-state index >= 15 is 0 Å². The van der Waals surface area contributed by atoms with Gasteiger partial charge in [0.2, 0.25) is 0 Å². The molecule has 0 radical (unpaired) electrons. The van der Waals surface area contributed by atoms with Crippen LogP contribution >= 0.6 is 0 Å². The number of nitrogens with one attached hydrogen (secondary N) is 2. The molecule has 0 atom stereocenters. The van der Waals surface area contributed by atoms with Crippen LogP contribution in [0, 0.1) is 6.92 Å². The van der Waals surface area contributed by atoms with Crippen LogP contribution in [0.15, 0.2) is 63.7 Å². The molecule has 9 heteroatoms. The van der Waals surface area contributed by atoms with Gasteiger partial charge in [-0.25, -0.2) is 9.78 Å². The minimum absolute atomic E-state index is 0.0475. The van der Waals surface area contributed by atoms with Gasteiger partial charge in [-0.2, -0.15) is 0 Å². The molecule has 1 aliphatic rings. The third-order valence-electron chi connectivity index (χ3n) is 5.78. The van der Waals surface area contributed by atoms with Crippen LogP contribution in [-0.4, -0.2) is 46.1 Å². The number of anilines is 1. The first kappa shape index (κ1) is 20.7. The largest absolute Gasteiger partial charge is 0.463 e. The fraction of sp³-hybridized carbons (Fsp3) is 0.250. The minimum atomic E-state index is -0.228. The topological polar surface area (TPSA) is 114 Å². The van der Waals surface area contributed by atoms with Crippen LogP contribution in [0.5, 0.6) is 0 Å². The summed E-state index contributed by atoms with van der Waals surface area (Å²) < 4.78 is 10.8. The van der Waals surface area contributed by atoms with E-state index < -0.39 is 0 Å². The van der Waals surface area contributed by atoms with Gasteiger partial charge in [0.05, 0.1) is 22.9 Å². The van der Waals surface area contributed by atoms with Gasteiger partial charge >= 0.3 is 6.03 Å². The Balaban J connectivity index is 1.27. The fourth-order valence-corrected chi connectivity index (χ4v) is 4.04. The quantitative estimate of drug-likeness (QED) is 0.486. The SMILES string of the molecule is Cc1noc2nc(-c3ccco3)cc(C(=O)NC3CCN(C(=O)Nc4ccccc4)CC3)c12. The van der Waals surface area contributed by atoms with Crippen molar-refractivity contribution in [3.63, 3.8) is 0 Å². The Labute approximate surface area is 189 Å². The predicted octanol–water partition coefficient (Wildman–Crippen LogP) is 4.22. The van der Waals surface area contributed by atoms with E-state index in [-0.39, 0.29) is 18.0 Å². The molecule has 0 aliphatic carbocycles. The summed E-state index contributed by atoms with van der Waals surface area (Å²) in [4.78, 5) is 31.9. The molecule has 1 fully saturated rings. The maximum Gasteiger partial charge on any atom is 0.321 e. The molecule has 4 heterocycles. The first-order valence-corrected chi connectivity index (χ1v) is 10.8. The van der Waals surface area contributed by atoms with E-state index in [9.17, 15) is 9.59 Å². The van der Waals surface area contributed by atoms with Crippen LogP contribution in [0.3, 0.4) is 0 Å². The van der Waals surface area contributed by atoms with Gasteiger partial charge in [0.15, 0.2) is 5.76 Å². The molecule has 1 aromatic carbocycles. The molecule has 168 valence electrons. The Bertz CT molecular complexity index is 1280. The van der Waals surface area contributed by atoms with Gasteiger partial charge < -0.3 is 24.5 Å². The van der Waals surface area contributed by atoms with Crippen molar-refractivity contribution in [1.82, 2.24) is 20.4 Å². The summed E-state index contributed by atoms with van der Waals surface area (Å²) in [5.74, 6) is 0.312. The Hall–Kier alpha value is -4.14. The number of rotatable bonds is 4. The standard InChI is InChI=1S/C24H23N5O4/c1-15-21-18(14-19(20-8-5-13-32-20)27-23(21)33-28-15)22(30)25-17-9-11-29(12-10-17)24(31)26-16-6-3-2-4-7-16/h2-8,13-14,17H,9-12H2,1H3,(H,25,30)(H,26,31). The molecule has 4 aromatic rings. The normalized spacial score (nSPS) is 14.4. The number of urea groups is 1. The molecule has 3 amide bonds. The van der Waals surface area contributed by atoms with Gasteiger partial charge in [-0.05, 0) is 50.1 Å². The number of aryl methyl sites for hydroxylation is 1. The van der Waals surface area contributed by atoms with Crippen LogP contribution in [0.4, 0.5) is 10.5 Å². The average molecular weight is 445 g/mol. The van der Waals surface area contributed by atoms with E-state index in [0.29, 0.717) is 59.7 Å². The van der Waals surface area contributed by atoms with Gasteiger partial charge in [0, 0.05) is 24.8 Å². The molecule has 0 spiro atoms. The molecule has 0 unspecified atom stereocenters. The number of fused-ring (bicyclic) bond motifs is 1. The van der Waals surface area contributed by atoms with E-state index in [2.05, 4.69) is 20.8 Å². The summed E-state index contributed by atoms with van der Waals surface area (Å²) in [6, 6.07) is 14.4. The van der Waals surface area contributed by atoms with Crippen molar-refractivity contribution < 1.29 is 18.5 Å². The third-order valence-corrected chi connectivity index (χ3v) is 5.78. The van der Waals surface area contributed by atoms with Gasteiger partial charge in [0.25, 0.3) is 11.6 Å². The molecule has 3 aromatic heterocycles. The van der Waals surface area contributed by atoms with E-state index in [1.807, 2.05) is 30.3 Å². The molecular weight excluding hydrogens is 422 g/mol. The number of likely N-dealkylation sites (tertiary alicyclic amines) is 1. The number of piperidine rings is 1. The molecule has 33 heavy (non-hydrogen) atoms. The second-order valence-electron chi connectivity index (χ2n) is 8.01. The highest BCUT2D eigenvalue weighted by molar-refractivity contribution is 6.07. The summed E-state index contributed by atoms with van der Waals surface area (Å²) >= 11 is 0. The monoisotopic (exact) mass is 445 g/mol. The Morgan fingerprint density at radius 3 is 2.61 bits per heavy atom. The van der Waals surface area contributed by atoms with Crippen molar-refractivity contribution in [3.8, 4) is 11.5 Å². The lowest BCUT2D eigenvalue weighted by Crippen LogP contribution is -2.47. The molecular formula is C24H23N5O4. The van der Waals surface area contributed by atoms with Gasteiger partial charge in [-0.3, -0.25) is 4.79 Å². The fourth-order valence-electron chi connectivity index (χ4n) is 4.04. The molecule has 2 N–H and O–H groups in total. The highest BCUT2D eigenvalue weighted by Gasteiger charge is 2.26. The number of benzene rings is 1. The second kappa shape index (κ2) is 8.78. The second-order valence-corrected chi connectivity index (χ2v) is 8.01. The number of aromatic nitrogens is 2. The minimum Gasteiger partial charge on any atom is -0.463 e. The smallest absolute Gasteiger partial charge is 0.321 e. The average Bonchev–Trinajstić information content (AvgIpc) is 3.50. The van der Waals surface area contributed by atoms with Crippen molar-refractivity contribution in [1.29, 1.82) is 0 Å². The predicted molar refractivity (Wildman–Crippen MR) is 122 cm³/mol. The van der Waals surface area contributed by atoms with Crippen molar-refractivity contribution in [2.45, 2.75) is 25.8 Å². The van der Waals surface area contributed by atoms with Crippen LogP contribution < -0.4 is 10.6 Å². The van der Waals surface area contributed by atoms with Crippen LogP contribution in [0.1, 0.15) is 28.9 Å². The maximum absolute atomic E-state index is 13.2. The zero-order valence-electron chi connectivity index (χ0n) is 18.1. The number of carbonyl (C=O) groups is 2. The summed E-state index contributed by atoms with van der Waals surface area (Å²) in [5.41, 5.74) is 2.59. The highest BCUT2D eigenvalue weighted by Crippen LogP contribution is 2.27. The zero-order chi connectivity index (χ0) is 22.8. The van der Waals surface area contributed by atoms with Crippen LogP contribution in [-0.2, 0) is 0 Å². The number of furan rings is 1. The number of para-hydroxylation sites is 1. The van der Waals surface area contributed by atoms with E-state index in [0.717, 1.165) is 5.69 Å². The molecule has 5 rings (SSSR count). The summed E-state index contributed by atoms with van der Waals surface area (Å²) in [6.45, 7) is 2.89. The van der Waals surface area contributed by atoms with Crippen molar-refractivity contribution in [2.75, 3.05) is 18.4 Å². The lowest BCUT2D eigenvalue weighted by molar-refractivity contribution is 0.0921. The number of hydrogen-bond donors (Lipinski definition) is 2. The third kappa shape index (κ3) is 4.30. The molecule has 1 aliphatic heterocycles. The number of pyridine rings is 1. The molecule has 0 saturated carbocycles. The lowest BCUT2D eigenvalue weighted by Gasteiger charge is -2.32.